The van der Waals surface area contributed by atoms with Gasteiger partial charge in [0, 0.05) is 17.8 Å². The molecule has 1 heterocycles. The molecule has 0 fully saturated rings. The van der Waals surface area contributed by atoms with Crippen molar-refractivity contribution in [3.63, 3.8) is 0 Å². The molecule has 0 saturated heterocycles. The van der Waals surface area contributed by atoms with Crippen LogP contribution < -0.4 is 0 Å². The van der Waals surface area contributed by atoms with Gasteiger partial charge in [0.1, 0.15) is 0 Å². The molecule has 0 unspecified atom stereocenters. The molecule has 0 aliphatic rings. The van der Waals surface area contributed by atoms with Gasteiger partial charge in [-0.2, -0.15) is 0 Å². The molecule has 0 bridgehead atoms. The third-order valence-corrected chi connectivity index (χ3v) is 2.74. The van der Waals surface area contributed by atoms with Crippen LogP contribution in [0.4, 0.5) is 0 Å². The van der Waals surface area contributed by atoms with Crippen LogP contribution in [0.3, 0.4) is 0 Å². The van der Waals surface area contributed by atoms with Crippen molar-refractivity contribution in [2.24, 2.45) is 0 Å². The Labute approximate surface area is 78.2 Å². The molecule has 12 heavy (non-hydrogen) atoms. The third kappa shape index (κ3) is 2.57. The second-order valence-electron chi connectivity index (χ2n) is 3.57. The van der Waals surface area contributed by atoms with E-state index in [-0.39, 0.29) is 0 Å². The molecule has 1 aromatic heterocycles. The van der Waals surface area contributed by atoms with Gasteiger partial charge in [-0.25, -0.2) is 4.98 Å². The molecule has 0 aromatic carbocycles. The molecule has 1 rings (SSSR count). The van der Waals surface area contributed by atoms with Crippen molar-refractivity contribution in [2.45, 2.75) is 26.3 Å². The van der Waals surface area contributed by atoms with Crippen molar-refractivity contribution in [2.75, 3.05) is 14.1 Å². The Bertz CT molecular complexity index is 240. The number of hydrogen-bond acceptors (Lipinski definition) is 3. The predicted molar refractivity (Wildman–Crippen MR) is 53.6 cm³/mol. The Morgan fingerprint density at radius 2 is 2.17 bits per heavy atom. The summed E-state index contributed by atoms with van der Waals surface area (Å²) in [6.07, 6.45) is 0. The van der Waals surface area contributed by atoms with Gasteiger partial charge < -0.3 is 4.90 Å². The fraction of sp³-hybridized carbons (Fsp3) is 0.667. The highest BCUT2D eigenvalue weighted by atomic mass is 32.1. The van der Waals surface area contributed by atoms with Gasteiger partial charge in [0.15, 0.2) is 0 Å². The first-order chi connectivity index (χ1) is 5.59. The summed E-state index contributed by atoms with van der Waals surface area (Å²) in [7, 11) is 4.13. The normalized spacial score (nSPS) is 11.5. The summed E-state index contributed by atoms with van der Waals surface area (Å²) in [4.78, 5) is 6.66. The number of aromatic nitrogens is 1. The molecule has 0 atom stereocenters. The molecular weight excluding hydrogens is 168 g/mol. The standard InChI is InChI=1S/C9H16N2S/c1-7(2)9-10-8(6-12-9)5-11(3)4/h6-7H,5H2,1-4H3. The molecule has 0 aliphatic heterocycles. The van der Waals surface area contributed by atoms with Crippen molar-refractivity contribution in [3.8, 4) is 0 Å². The summed E-state index contributed by atoms with van der Waals surface area (Å²) in [6.45, 7) is 5.31. The van der Waals surface area contributed by atoms with Crippen LogP contribution in [0.5, 0.6) is 0 Å². The Morgan fingerprint density at radius 3 is 2.58 bits per heavy atom. The first-order valence-corrected chi connectivity index (χ1v) is 5.06. The van der Waals surface area contributed by atoms with E-state index in [9.17, 15) is 0 Å². The Morgan fingerprint density at radius 1 is 1.50 bits per heavy atom. The summed E-state index contributed by atoms with van der Waals surface area (Å²) < 4.78 is 0. The van der Waals surface area contributed by atoms with Crippen molar-refractivity contribution >= 4 is 11.3 Å². The molecule has 68 valence electrons. The molecule has 0 aliphatic carbocycles. The zero-order chi connectivity index (χ0) is 9.14. The summed E-state index contributed by atoms with van der Waals surface area (Å²) in [5, 5.41) is 3.39. The molecule has 0 amide bonds. The van der Waals surface area contributed by atoms with Gasteiger partial charge in [0.2, 0.25) is 0 Å². The van der Waals surface area contributed by atoms with Gasteiger partial charge in [-0.05, 0) is 14.1 Å². The second kappa shape index (κ2) is 4.01. The molecule has 0 spiro atoms. The lowest BCUT2D eigenvalue weighted by Crippen LogP contribution is -2.10. The van der Waals surface area contributed by atoms with E-state index in [0.29, 0.717) is 5.92 Å². The monoisotopic (exact) mass is 184 g/mol. The van der Waals surface area contributed by atoms with Crippen LogP contribution in [0.2, 0.25) is 0 Å². The molecule has 2 nitrogen and oxygen atoms in total. The van der Waals surface area contributed by atoms with Crippen LogP contribution >= 0.6 is 11.3 Å². The van der Waals surface area contributed by atoms with Gasteiger partial charge in [-0.3, -0.25) is 0 Å². The van der Waals surface area contributed by atoms with Gasteiger partial charge in [0.25, 0.3) is 0 Å². The maximum atomic E-state index is 4.53. The minimum absolute atomic E-state index is 0.561. The van der Waals surface area contributed by atoms with Crippen LogP contribution in [0.25, 0.3) is 0 Å². The summed E-state index contributed by atoms with van der Waals surface area (Å²) >= 11 is 1.76. The highest BCUT2D eigenvalue weighted by molar-refractivity contribution is 7.09. The SMILES string of the molecule is CC(C)c1nc(CN(C)C)cs1. The number of rotatable bonds is 3. The Balaban J connectivity index is 2.64. The first-order valence-electron chi connectivity index (χ1n) is 4.18. The van der Waals surface area contributed by atoms with Crippen molar-refractivity contribution in [3.05, 3.63) is 16.1 Å². The predicted octanol–water partition coefficient (Wildman–Crippen LogP) is 2.33. The van der Waals surface area contributed by atoms with Crippen molar-refractivity contribution < 1.29 is 0 Å². The Kier molecular flexibility index (Phi) is 3.23. The third-order valence-electron chi connectivity index (χ3n) is 1.54. The Hall–Kier alpha value is -0.410. The zero-order valence-electron chi connectivity index (χ0n) is 8.16. The molecule has 0 N–H and O–H groups in total. The zero-order valence-corrected chi connectivity index (χ0v) is 8.98. The topological polar surface area (TPSA) is 16.1 Å². The number of hydrogen-bond donors (Lipinski definition) is 0. The summed E-state index contributed by atoms with van der Waals surface area (Å²) in [5.74, 6) is 0.561. The fourth-order valence-electron chi connectivity index (χ4n) is 0.984. The smallest absolute Gasteiger partial charge is 0.0954 e. The van der Waals surface area contributed by atoms with E-state index in [1.54, 1.807) is 11.3 Å². The maximum Gasteiger partial charge on any atom is 0.0954 e. The number of nitrogens with zero attached hydrogens (tertiary/aromatic N) is 2. The lowest BCUT2D eigenvalue weighted by atomic mass is 10.2. The van der Waals surface area contributed by atoms with E-state index < -0.39 is 0 Å². The van der Waals surface area contributed by atoms with Crippen LogP contribution in [0, 0.1) is 0 Å². The second-order valence-corrected chi connectivity index (χ2v) is 4.46. The minimum atomic E-state index is 0.561. The highest BCUT2D eigenvalue weighted by Crippen LogP contribution is 2.19. The summed E-state index contributed by atoms with van der Waals surface area (Å²) in [5.41, 5.74) is 1.19. The number of thiazole rings is 1. The maximum absolute atomic E-state index is 4.53. The van der Waals surface area contributed by atoms with Gasteiger partial charge >= 0.3 is 0 Å². The van der Waals surface area contributed by atoms with Gasteiger partial charge in [-0.15, -0.1) is 11.3 Å². The molecule has 3 heteroatoms. The fourth-order valence-corrected chi connectivity index (χ4v) is 1.81. The van der Waals surface area contributed by atoms with Crippen molar-refractivity contribution in [1.82, 2.24) is 9.88 Å². The quantitative estimate of drug-likeness (QED) is 0.716. The lowest BCUT2D eigenvalue weighted by molar-refractivity contribution is 0.397. The largest absolute Gasteiger partial charge is 0.304 e. The van der Waals surface area contributed by atoms with E-state index in [1.807, 2.05) is 0 Å². The van der Waals surface area contributed by atoms with Gasteiger partial charge in [-0.1, -0.05) is 13.8 Å². The van der Waals surface area contributed by atoms with E-state index in [2.05, 4.69) is 43.2 Å². The van der Waals surface area contributed by atoms with Crippen LogP contribution in [-0.4, -0.2) is 24.0 Å². The molecule has 0 saturated carbocycles. The summed E-state index contributed by atoms with van der Waals surface area (Å²) in [6, 6.07) is 0. The highest BCUT2D eigenvalue weighted by Gasteiger charge is 2.05. The van der Waals surface area contributed by atoms with Crippen LogP contribution in [-0.2, 0) is 6.54 Å². The minimum Gasteiger partial charge on any atom is -0.304 e. The van der Waals surface area contributed by atoms with Gasteiger partial charge in [0.05, 0.1) is 10.7 Å². The van der Waals surface area contributed by atoms with E-state index >= 15 is 0 Å². The molecule has 1 aromatic rings. The average Bonchev–Trinajstić information content (AvgIpc) is 2.34. The van der Waals surface area contributed by atoms with E-state index in [0.717, 1.165) is 6.54 Å². The van der Waals surface area contributed by atoms with Crippen LogP contribution in [0.1, 0.15) is 30.5 Å². The molecule has 0 radical (unpaired) electrons. The lowest BCUT2D eigenvalue weighted by Gasteiger charge is -2.05. The van der Waals surface area contributed by atoms with E-state index in [1.165, 1.54) is 10.7 Å². The average molecular weight is 184 g/mol. The van der Waals surface area contributed by atoms with E-state index in [4.69, 9.17) is 0 Å². The van der Waals surface area contributed by atoms with Crippen molar-refractivity contribution in [1.29, 1.82) is 0 Å². The first kappa shape index (κ1) is 9.68. The van der Waals surface area contributed by atoms with Crippen LogP contribution in [0.15, 0.2) is 5.38 Å². The molecular formula is C9H16N2S.